The Bertz CT molecular complexity index is 67.3. The second-order valence-electron chi connectivity index (χ2n) is 0.688. The van der Waals surface area contributed by atoms with Gasteiger partial charge in [-0.3, -0.25) is 0 Å². The fourth-order valence-electron chi connectivity index (χ4n) is 0.176. The zero-order valence-corrected chi connectivity index (χ0v) is 2.59. The summed E-state index contributed by atoms with van der Waals surface area (Å²) in [6.45, 7) is 0. The molecular formula is C3H4KNO. The minimum absolute atomic E-state index is 0. The van der Waals surface area contributed by atoms with Gasteiger partial charge in [-0.05, 0) is 6.07 Å². The molecule has 1 aromatic heterocycles. The van der Waals surface area contributed by atoms with Gasteiger partial charge in [0, 0.05) is 0 Å². The van der Waals surface area contributed by atoms with Gasteiger partial charge in [0.05, 0.1) is 6.20 Å². The van der Waals surface area contributed by atoms with Gasteiger partial charge in [-0.1, -0.05) is 5.16 Å². The van der Waals surface area contributed by atoms with Crippen molar-refractivity contribution in [2.45, 2.75) is 0 Å². The third-order valence-electron chi connectivity index (χ3n) is 0.347. The molecule has 28 valence electrons. The van der Waals surface area contributed by atoms with E-state index in [4.69, 9.17) is 0 Å². The molecule has 0 spiro atoms. The first-order valence-corrected chi connectivity index (χ1v) is 1.34. The van der Waals surface area contributed by atoms with Crippen LogP contribution in [0.2, 0.25) is 0 Å². The van der Waals surface area contributed by atoms with Crippen LogP contribution in [-0.2, 0) is 0 Å². The molecule has 0 aliphatic carbocycles. The van der Waals surface area contributed by atoms with Gasteiger partial charge in [-0.15, -0.1) is 0 Å². The van der Waals surface area contributed by atoms with Crippen molar-refractivity contribution < 1.29 is 4.52 Å². The number of rotatable bonds is 0. The Morgan fingerprint density at radius 3 is 2.50 bits per heavy atom. The Labute approximate surface area is 78.3 Å². The summed E-state index contributed by atoms with van der Waals surface area (Å²) in [5, 5.41) is 3.35. The molecule has 0 aromatic carbocycles. The monoisotopic (exact) mass is 109 g/mol. The first kappa shape index (κ1) is 6.85. The van der Waals surface area contributed by atoms with E-state index in [1.165, 1.54) is 6.26 Å². The van der Waals surface area contributed by atoms with E-state index in [9.17, 15) is 0 Å². The second-order valence-corrected chi connectivity index (χ2v) is 0.688. The van der Waals surface area contributed by atoms with E-state index in [1.807, 2.05) is 0 Å². The molecule has 0 unspecified atom stereocenters. The second kappa shape index (κ2) is 4.02. The molecule has 0 fully saturated rings. The van der Waals surface area contributed by atoms with E-state index in [2.05, 4.69) is 9.68 Å². The average molecular weight is 109 g/mol. The van der Waals surface area contributed by atoms with Crippen molar-refractivity contribution in [1.82, 2.24) is 5.16 Å². The van der Waals surface area contributed by atoms with Crippen LogP contribution in [0.1, 0.15) is 0 Å². The fraction of sp³-hybridized carbons (Fsp3) is 0. The van der Waals surface area contributed by atoms with Gasteiger partial charge in [0.1, 0.15) is 6.26 Å². The first-order chi connectivity index (χ1) is 2.50. The Morgan fingerprint density at radius 2 is 2.33 bits per heavy atom. The van der Waals surface area contributed by atoms with Crippen molar-refractivity contribution in [3.05, 3.63) is 18.5 Å². The molecule has 0 N–H and O–H groups in total. The molecule has 0 aliphatic rings. The zero-order valence-electron chi connectivity index (χ0n) is 2.59. The van der Waals surface area contributed by atoms with Crippen LogP contribution in [0.5, 0.6) is 0 Å². The Balaban J connectivity index is 0.000000250. The summed E-state index contributed by atoms with van der Waals surface area (Å²) in [4.78, 5) is 0. The van der Waals surface area contributed by atoms with E-state index in [-0.39, 0.29) is 51.4 Å². The van der Waals surface area contributed by atoms with Crippen LogP contribution in [0.15, 0.2) is 23.0 Å². The number of hydrogen-bond acceptors (Lipinski definition) is 2. The van der Waals surface area contributed by atoms with Crippen LogP contribution in [0.25, 0.3) is 0 Å². The largest absolute Gasteiger partial charge is 0.365 e. The molecule has 1 heterocycles. The van der Waals surface area contributed by atoms with Crippen molar-refractivity contribution in [1.29, 1.82) is 0 Å². The van der Waals surface area contributed by atoms with Gasteiger partial charge in [-0.2, -0.15) is 0 Å². The molecule has 0 atom stereocenters. The molecule has 0 saturated heterocycles. The number of aromatic nitrogens is 1. The average Bonchev–Trinajstić information content (AvgIpc) is 1.76. The predicted octanol–water partition coefficient (Wildman–Crippen LogP) is 0.0261. The van der Waals surface area contributed by atoms with Crippen LogP contribution in [-0.4, -0.2) is 56.5 Å². The molecular weight excluding hydrogens is 105 g/mol. The summed E-state index contributed by atoms with van der Waals surface area (Å²) < 4.78 is 4.33. The maximum Gasteiger partial charge on any atom is 0.123 e. The summed E-state index contributed by atoms with van der Waals surface area (Å²) in [5.41, 5.74) is 0. The Hall–Kier alpha value is 0.846. The van der Waals surface area contributed by atoms with Gasteiger partial charge in [0.25, 0.3) is 0 Å². The molecule has 1 aromatic rings. The van der Waals surface area contributed by atoms with E-state index in [1.54, 1.807) is 12.3 Å². The molecule has 0 aliphatic heterocycles. The maximum atomic E-state index is 4.33. The zero-order chi connectivity index (χ0) is 3.54. The maximum absolute atomic E-state index is 4.33. The van der Waals surface area contributed by atoms with E-state index in [0.717, 1.165) is 0 Å². The van der Waals surface area contributed by atoms with Crippen molar-refractivity contribution >= 4 is 51.4 Å². The van der Waals surface area contributed by atoms with Crippen LogP contribution in [0, 0.1) is 0 Å². The minimum Gasteiger partial charge on any atom is -0.365 e. The van der Waals surface area contributed by atoms with Gasteiger partial charge in [0.15, 0.2) is 0 Å². The van der Waals surface area contributed by atoms with E-state index >= 15 is 0 Å². The Morgan fingerprint density at radius 1 is 1.50 bits per heavy atom. The van der Waals surface area contributed by atoms with Gasteiger partial charge in [-0.25, -0.2) is 0 Å². The van der Waals surface area contributed by atoms with Crippen LogP contribution < -0.4 is 0 Å². The van der Waals surface area contributed by atoms with Gasteiger partial charge in [0.2, 0.25) is 0 Å². The molecule has 3 heteroatoms. The third-order valence-corrected chi connectivity index (χ3v) is 0.347. The molecule has 0 saturated carbocycles. The molecule has 6 heavy (non-hydrogen) atoms. The molecule has 2 nitrogen and oxygen atoms in total. The van der Waals surface area contributed by atoms with Crippen molar-refractivity contribution in [2.75, 3.05) is 0 Å². The molecule has 0 radical (unpaired) electrons. The minimum atomic E-state index is 0. The number of hydrogen-bond donors (Lipinski definition) is 0. The summed E-state index contributed by atoms with van der Waals surface area (Å²) in [6.07, 6.45) is 3.10. The van der Waals surface area contributed by atoms with Crippen molar-refractivity contribution in [2.24, 2.45) is 0 Å². The standard InChI is InChI=1S/C3H3NO.K.H/c1-2-4-5-3-1;;/h1-3H;;. The van der Waals surface area contributed by atoms with E-state index < -0.39 is 0 Å². The fourth-order valence-corrected chi connectivity index (χ4v) is 0.176. The summed E-state index contributed by atoms with van der Waals surface area (Å²) >= 11 is 0. The first-order valence-electron chi connectivity index (χ1n) is 1.34. The summed E-state index contributed by atoms with van der Waals surface area (Å²) in [5.74, 6) is 0. The topological polar surface area (TPSA) is 26.0 Å². The Kier molecular flexibility index (Phi) is 4.58. The summed E-state index contributed by atoms with van der Waals surface area (Å²) in [7, 11) is 0. The normalized spacial score (nSPS) is 6.67. The van der Waals surface area contributed by atoms with Crippen molar-refractivity contribution in [3.63, 3.8) is 0 Å². The van der Waals surface area contributed by atoms with Gasteiger partial charge < -0.3 is 4.52 Å². The quantitative estimate of drug-likeness (QED) is 0.439. The van der Waals surface area contributed by atoms with Gasteiger partial charge >= 0.3 is 51.4 Å². The van der Waals surface area contributed by atoms with Crippen LogP contribution >= 0.6 is 0 Å². The number of nitrogens with zero attached hydrogens (tertiary/aromatic N) is 1. The molecule has 0 amide bonds. The van der Waals surface area contributed by atoms with E-state index in [0.29, 0.717) is 0 Å². The molecule has 1 rings (SSSR count). The predicted molar refractivity (Wildman–Crippen MR) is 23.7 cm³/mol. The van der Waals surface area contributed by atoms with Crippen LogP contribution in [0.3, 0.4) is 0 Å². The summed E-state index contributed by atoms with van der Waals surface area (Å²) in [6, 6.07) is 1.72. The smallest absolute Gasteiger partial charge is 0.123 e. The molecule has 0 bridgehead atoms. The van der Waals surface area contributed by atoms with Crippen LogP contribution in [0.4, 0.5) is 0 Å². The SMILES string of the molecule is [KH].c1cnoc1. The third kappa shape index (κ3) is 2.10. The van der Waals surface area contributed by atoms with Crippen molar-refractivity contribution in [3.8, 4) is 0 Å².